The summed E-state index contributed by atoms with van der Waals surface area (Å²) < 4.78 is 0. The van der Waals surface area contributed by atoms with Crippen molar-refractivity contribution in [3.8, 4) is 0 Å². The van der Waals surface area contributed by atoms with Gasteiger partial charge in [-0.3, -0.25) is 4.79 Å². The van der Waals surface area contributed by atoms with E-state index in [2.05, 4.69) is 0 Å². The van der Waals surface area contributed by atoms with Gasteiger partial charge in [-0.25, -0.2) is 0 Å². The van der Waals surface area contributed by atoms with Crippen molar-refractivity contribution in [1.82, 2.24) is 0 Å². The molecular weight excluding hydrogens is 172 g/mol. The maximum absolute atomic E-state index is 10.8. The van der Waals surface area contributed by atoms with E-state index >= 15 is 0 Å². The minimum Gasteiger partial charge on any atom is -0.281 e. The number of halogens is 1. The van der Waals surface area contributed by atoms with Crippen molar-refractivity contribution in [1.29, 1.82) is 0 Å². The molecule has 0 aromatic heterocycles. The summed E-state index contributed by atoms with van der Waals surface area (Å²) in [7, 11) is 0. The van der Waals surface area contributed by atoms with Crippen LogP contribution in [0.2, 0.25) is 0 Å². The van der Waals surface area contributed by atoms with E-state index in [9.17, 15) is 4.79 Å². The van der Waals surface area contributed by atoms with E-state index in [0.29, 0.717) is 5.92 Å². The molecule has 1 aliphatic carbocycles. The molecule has 0 radical (unpaired) electrons. The molecule has 1 aliphatic rings. The van der Waals surface area contributed by atoms with Crippen molar-refractivity contribution >= 4 is 16.8 Å². The minimum atomic E-state index is -0.191. The lowest BCUT2D eigenvalue weighted by Crippen LogP contribution is -1.90. The molecule has 0 bridgehead atoms. The molecule has 0 heterocycles. The van der Waals surface area contributed by atoms with Crippen LogP contribution in [0.15, 0.2) is 30.3 Å². The summed E-state index contributed by atoms with van der Waals surface area (Å²) in [6.45, 7) is 0. The van der Waals surface area contributed by atoms with Gasteiger partial charge in [-0.15, -0.1) is 0 Å². The Hall–Kier alpha value is -0.820. The highest BCUT2D eigenvalue weighted by Crippen LogP contribution is 2.48. The lowest BCUT2D eigenvalue weighted by molar-refractivity contribution is -0.112. The number of carbonyl (C=O) groups is 1. The van der Waals surface area contributed by atoms with Crippen LogP contribution in [0.25, 0.3) is 0 Å². The fraction of sp³-hybridized carbons (Fsp3) is 0.300. The van der Waals surface area contributed by atoms with Gasteiger partial charge < -0.3 is 0 Å². The van der Waals surface area contributed by atoms with Gasteiger partial charge in [0.1, 0.15) is 0 Å². The fourth-order valence-electron chi connectivity index (χ4n) is 1.51. The highest BCUT2D eigenvalue weighted by atomic mass is 35.5. The Balaban J connectivity index is 2.11. The van der Waals surface area contributed by atoms with Gasteiger partial charge in [-0.2, -0.15) is 0 Å². The van der Waals surface area contributed by atoms with Gasteiger partial charge in [0.25, 0.3) is 0 Å². The standard InChI is InChI=1S/C10H9ClO/c11-10(12)9-6-8(9)7-4-2-1-3-5-7/h1-5,8-9H,6H2/t8?,9-/m0/s1. The normalized spacial score (nSPS) is 26.8. The Morgan fingerprint density at radius 3 is 2.50 bits per heavy atom. The summed E-state index contributed by atoms with van der Waals surface area (Å²) in [5.41, 5.74) is 1.23. The lowest BCUT2D eigenvalue weighted by Gasteiger charge is -1.95. The second kappa shape index (κ2) is 2.91. The number of rotatable bonds is 2. The van der Waals surface area contributed by atoms with Crippen LogP contribution in [0.4, 0.5) is 0 Å². The molecule has 0 aliphatic heterocycles. The summed E-state index contributed by atoms with van der Waals surface area (Å²) in [5.74, 6) is 0.463. The molecule has 2 atom stereocenters. The molecule has 0 saturated heterocycles. The van der Waals surface area contributed by atoms with Crippen molar-refractivity contribution in [2.45, 2.75) is 12.3 Å². The van der Waals surface area contributed by atoms with Gasteiger partial charge in [-0.05, 0) is 29.5 Å². The Morgan fingerprint density at radius 2 is 2.00 bits per heavy atom. The quantitative estimate of drug-likeness (QED) is 0.640. The van der Waals surface area contributed by atoms with Crippen molar-refractivity contribution in [3.63, 3.8) is 0 Å². The predicted octanol–water partition coefficient (Wildman–Crippen LogP) is 2.56. The van der Waals surface area contributed by atoms with Crippen LogP contribution in [0.1, 0.15) is 17.9 Å². The Morgan fingerprint density at radius 1 is 1.33 bits per heavy atom. The van der Waals surface area contributed by atoms with Gasteiger partial charge in [0, 0.05) is 5.92 Å². The molecule has 1 unspecified atom stereocenters. The lowest BCUT2D eigenvalue weighted by atomic mass is 10.1. The van der Waals surface area contributed by atoms with Crippen LogP contribution in [-0.2, 0) is 4.79 Å². The van der Waals surface area contributed by atoms with E-state index in [1.165, 1.54) is 5.56 Å². The molecule has 2 rings (SSSR count). The van der Waals surface area contributed by atoms with E-state index in [0.717, 1.165) is 6.42 Å². The molecule has 2 heteroatoms. The molecule has 0 spiro atoms. The highest BCUT2D eigenvalue weighted by Gasteiger charge is 2.42. The first-order valence-electron chi connectivity index (χ1n) is 4.03. The summed E-state index contributed by atoms with van der Waals surface area (Å²) in [4.78, 5) is 10.8. The van der Waals surface area contributed by atoms with Crippen molar-refractivity contribution in [3.05, 3.63) is 35.9 Å². The summed E-state index contributed by atoms with van der Waals surface area (Å²) in [6.07, 6.45) is 0.923. The maximum Gasteiger partial charge on any atom is 0.225 e. The zero-order valence-corrected chi connectivity index (χ0v) is 7.29. The Labute approximate surface area is 76.4 Å². The SMILES string of the molecule is O=C(Cl)[C@H]1CC1c1ccccc1. The predicted molar refractivity (Wildman–Crippen MR) is 48.2 cm³/mol. The van der Waals surface area contributed by atoms with Crippen LogP contribution in [-0.4, -0.2) is 5.24 Å². The molecule has 12 heavy (non-hydrogen) atoms. The third kappa shape index (κ3) is 1.37. The highest BCUT2D eigenvalue weighted by molar-refractivity contribution is 6.64. The molecule has 1 nitrogen and oxygen atoms in total. The average Bonchev–Trinajstić information content (AvgIpc) is 2.84. The number of hydrogen-bond acceptors (Lipinski definition) is 1. The van der Waals surface area contributed by atoms with Crippen LogP contribution >= 0.6 is 11.6 Å². The van der Waals surface area contributed by atoms with Crippen LogP contribution in [0.3, 0.4) is 0 Å². The third-order valence-corrected chi connectivity index (χ3v) is 2.59. The van der Waals surface area contributed by atoms with Gasteiger partial charge in [-0.1, -0.05) is 30.3 Å². The molecular formula is C10H9ClO. The molecule has 62 valence electrons. The van der Waals surface area contributed by atoms with Crippen molar-refractivity contribution in [2.75, 3.05) is 0 Å². The van der Waals surface area contributed by atoms with E-state index < -0.39 is 0 Å². The van der Waals surface area contributed by atoms with Crippen LogP contribution < -0.4 is 0 Å². The summed E-state index contributed by atoms with van der Waals surface area (Å²) >= 11 is 5.38. The number of carbonyl (C=O) groups excluding carboxylic acids is 1. The molecule has 0 amide bonds. The molecule has 1 aromatic carbocycles. The number of benzene rings is 1. The van der Waals surface area contributed by atoms with E-state index in [4.69, 9.17) is 11.6 Å². The largest absolute Gasteiger partial charge is 0.281 e. The minimum absolute atomic E-state index is 0.0778. The smallest absolute Gasteiger partial charge is 0.225 e. The average molecular weight is 181 g/mol. The zero-order chi connectivity index (χ0) is 8.55. The van der Waals surface area contributed by atoms with Crippen LogP contribution in [0.5, 0.6) is 0 Å². The van der Waals surface area contributed by atoms with Gasteiger partial charge in [0.2, 0.25) is 5.24 Å². The first-order chi connectivity index (χ1) is 5.79. The second-order valence-corrected chi connectivity index (χ2v) is 3.54. The van der Waals surface area contributed by atoms with E-state index in [-0.39, 0.29) is 11.2 Å². The Bertz CT molecular complexity index is 294. The van der Waals surface area contributed by atoms with E-state index in [1.54, 1.807) is 0 Å². The Kier molecular flexibility index (Phi) is 1.89. The monoisotopic (exact) mass is 180 g/mol. The molecule has 1 fully saturated rings. The van der Waals surface area contributed by atoms with Crippen molar-refractivity contribution in [2.24, 2.45) is 5.92 Å². The first kappa shape index (κ1) is 7.81. The fourth-order valence-corrected chi connectivity index (χ4v) is 1.76. The number of hydrogen-bond donors (Lipinski definition) is 0. The van der Waals surface area contributed by atoms with Gasteiger partial charge in [0.05, 0.1) is 0 Å². The third-order valence-electron chi connectivity index (χ3n) is 2.31. The van der Waals surface area contributed by atoms with Crippen molar-refractivity contribution < 1.29 is 4.79 Å². The van der Waals surface area contributed by atoms with Crippen LogP contribution in [0, 0.1) is 5.92 Å². The molecule has 1 aromatic rings. The summed E-state index contributed by atoms with van der Waals surface area (Å²) in [6, 6.07) is 10.0. The molecule has 0 N–H and O–H groups in total. The maximum atomic E-state index is 10.8. The topological polar surface area (TPSA) is 17.1 Å². The zero-order valence-electron chi connectivity index (χ0n) is 6.53. The molecule has 1 saturated carbocycles. The summed E-state index contributed by atoms with van der Waals surface area (Å²) in [5, 5.41) is -0.191. The first-order valence-corrected chi connectivity index (χ1v) is 4.41. The second-order valence-electron chi connectivity index (χ2n) is 3.16. The van der Waals surface area contributed by atoms with E-state index in [1.807, 2.05) is 30.3 Å². The van der Waals surface area contributed by atoms with Gasteiger partial charge >= 0.3 is 0 Å². The van der Waals surface area contributed by atoms with Gasteiger partial charge in [0.15, 0.2) is 0 Å².